The summed E-state index contributed by atoms with van der Waals surface area (Å²) in [6, 6.07) is 0. The van der Waals surface area contributed by atoms with Crippen molar-refractivity contribution in [3.63, 3.8) is 0 Å². The van der Waals surface area contributed by atoms with Crippen LogP contribution >= 0.6 is 63.7 Å². The van der Waals surface area contributed by atoms with E-state index < -0.39 is 4.51 Å². The highest BCUT2D eigenvalue weighted by atomic mass is 79.9. The lowest BCUT2D eigenvalue weighted by Gasteiger charge is -2.23. The topological polar surface area (TPSA) is 26.3 Å². The zero-order valence-corrected chi connectivity index (χ0v) is 11.3. The molecule has 0 fully saturated rings. The van der Waals surface area contributed by atoms with Crippen LogP contribution in [0.4, 0.5) is 0 Å². The maximum atomic E-state index is 10.8. The summed E-state index contributed by atoms with van der Waals surface area (Å²) in [5.41, 5.74) is 0. The van der Waals surface area contributed by atoms with E-state index in [2.05, 4.69) is 63.7 Å². The molecule has 0 bridgehead atoms. The second-order valence-corrected chi connectivity index (χ2v) is 6.95. The van der Waals surface area contributed by atoms with E-state index in [9.17, 15) is 4.79 Å². The van der Waals surface area contributed by atoms with Crippen molar-refractivity contribution in [2.75, 3.05) is 0 Å². The molecule has 11 heavy (non-hydrogen) atoms. The molecule has 2 nitrogen and oxygen atoms in total. The summed E-state index contributed by atoms with van der Waals surface area (Å²) in [6.07, 6.45) is 1.38. The van der Waals surface area contributed by atoms with E-state index in [-0.39, 0.29) is 9.71 Å². The molecule has 0 aromatic heterocycles. The largest absolute Gasteiger partial charge is 0.437 e. The molecule has 0 radical (unpaired) electrons. The van der Waals surface area contributed by atoms with Gasteiger partial charge in [0.1, 0.15) is 3.74 Å². The standard InChI is InChI=1S/C5H2Br4O2/c6-2-1-3(10)11-5(2,9)4(7)8/h1,4H. The molecule has 1 unspecified atom stereocenters. The molecule has 0 aromatic carbocycles. The number of carbonyl (C=O) groups is 1. The fourth-order valence-corrected chi connectivity index (χ4v) is 2.64. The summed E-state index contributed by atoms with van der Waals surface area (Å²) in [4.78, 5) is 10.8. The molecule has 1 rings (SSSR count). The van der Waals surface area contributed by atoms with Crippen LogP contribution in [0.2, 0.25) is 0 Å². The highest BCUT2D eigenvalue weighted by Gasteiger charge is 2.44. The third-order valence-corrected chi connectivity index (χ3v) is 6.02. The molecular weight excluding hydrogens is 412 g/mol. The average Bonchev–Trinajstić information content (AvgIpc) is 2.08. The van der Waals surface area contributed by atoms with Gasteiger partial charge in [-0.1, -0.05) is 31.9 Å². The van der Waals surface area contributed by atoms with Crippen molar-refractivity contribution in [1.82, 2.24) is 0 Å². The van der Waals surface area contributed by atoms with Crippen molar-refractivity contribution < 1.29 is 9.53 Å². The molecule has 0 aromatic rings. The third kappa shape index (κ3) is 1.89. The maximum absolute atomic E-state index is 10.8. The minimum atomic E-state index is -0.802. The molecule has 0 aliphatic carbocycles. The Kier molecular flexibility index (Phi) is 3.23. The number of ether oxygens (including phenoxy) is 1. The average molecular weight is 414 g/mol. The summed E-state index contributed by atoms with van der Waals surface area (Å²) in [5.74, 6) is -0.363. The van der Waals surface area contributed by atoms with Crippen molar-refractivity contribution >= 4 is 69.7 Å². The van der Waals surface area contributed by atoms with Gasteiger partial charge in [0.2, 0.25) is 4.51 Å². The summed E-state index contributed by atoms with van der Waals surface area (Å²) in [7, 11) is 0. The van der Waals surface area contributed by atoms with Gasteiger partial charge in [0, 0.05) is 6.08 Å². The number of hydrogen-bond acceptors (Lipinski definition) is 2. The Labute approximate surface area is 97.2 Å². The molecule has 6 heteroatoms. The molecule has 1 heterocycles. The van der Waals surface area contributed by atoms with E-state index in [4.69, 9.17) is 4.74 Å². The Bertz CT molecular complexity index is 225. The Morgan fingerprint density at radius 3 is 2.27 bits per heavy atom. The van der Waals surface area contributed by atoms with E-state index in [1.165, 1.54) is 6.08 Å². The van der Waals surface area contributed by atoms with Gasteiger partial charge in [0.05, 0.1) is 4.48 Å². The highest BCUT2D eigenvalue weighted by Crippen LogP contribution is 2.45. The van der Waals surface area contributed by atoms with Crippen LogP contribution in [0.15, 0.2) is 10.6 Å². The maximum Gasteiger partial charge on any atom is 0.333 e. The number of hydrogen-bond donors (Lipinski definition) is 0. The van der Waals surface area contributed by atoms with Crippen molar-refractivity contribution in [3.05, 3.63) is 10.6 Å². The molecular formula is C5H2Br4O2. The van der Waals surface area contributed by atoms with Crippen LogP contribution in [-0.4, -0.2) is 14.2 Å². The second kappa shape index (κ2) is 3.47. The molecule has 1 aliphatic rings. The van der Waals surface area contributed by atoms with Crippen molar-refractivity contribution in [2.45, 2.75) is 8.25 Å². The van der Waals surface area contributed by atoms with Crippen LogP contribution < -0.4 is 0 Å². The van der Waals surface area contributed by atoms with Crippen LogP contribution in [-0.2, 0) is 9.53 Å². The summed E-state index contributed by atoms with van der Waals surface area (Å²) >= 11 is 13.0. The van der Waals surface area contributed by atoms with Gasteiger partial charge in [0.15, 0.2) is 0 Å². The molecule has 0 saturated heterocycles. The SMILES string of the molecule is O=C1C=C(Br)C(Br)(C(Br)Br)O1. The first-order chi connectivity index (χ1) is 4.97. The van der Waals surface area contributed by atoms with Gasteiger partial charge < -0.3 is 4.74 Å². The van der Waals surface area contributed by atoms with Crippen LogP contribution in [0.5, 0.6) is 0 Å². The smallest absolute Gasteiger partial charge is 0.333 e. The van der Waals surface area contributed by atoms with Gasteiger partial charge in [-0.05, 0) is 31.9 Å². The summed E-state index contributed by atoms with van der Waals surface area (Å²) < 4.78 is 4.66. The van der Waals surface area contributed by atoms with Gasteiger partial charge in [-0.3, -0.25) is 0 Å². The first-order valence-corrected chi connectivity index (χ1v) is 5.96. The molecule has 1 atom stereocenters. The first-order valence-electron chi connectivity index (χ1n) is 2.54. The van der Waals surface area contributed by atoms with E-state index >= 15 is 0 Å². The van der Waals surface area contributed by atoms with Crippen molar-refractivity contribution in [1.29, 1.82) is 0 Å². The van der Waals surface area contributed by atoms with Gasteiger partial charge in [0.25, 0.3) is 0 Å². The van der Waals surface area contributed by atoms with E-state index in [0.29, 0.717) is 4.48 Å². The third-order valence-electron chi connectivity index (χ3n) is 1.10. The fraction of sp³-hybridized carbons (Fsp3) is 0.400. The van der Waals surface area contributed by atoms with Crippen LogP contribution in [0, 0.1) is 0 Å². The normalized spacial score (nSPS) is 30.6. The number of alkyl halides is 3. The monoisotopic (exact) mass is 410 g/mol. The lowest BCUT2D eigenvalue weighted by Crippen LogP contribution is -2.29. The van der Waals surface area contributed by atoms with E-state index in [1.54, 1.807) is 0 Å². The van der Waals surface area contributed by atoms with E-state index in [1.807, 2.05) is 0 Å². The van der Waals surface area contributed by atoms with Crippen LogP contribution in [0.25, 0.3) is 0 Å². The molecule has 1 aliphatic heterocycles. The molecule has 0 N–H and O–H groups in total. The predicted molar refractivity (Wildman–Crippen MR) is 56.4 cm³/mol. The molecule has 0 saturated carbocycles. The van der Waals surface area contributed by atoms with Crippen molar-refractivity contribution in [2.24, 2.45) is 0 Å². The number of cyclic esters (lactones) is 1. The van der Waals surface area contributed by atoms with E-state index in [0.717, 1.165) is 0 Å². The minimum absolute atomic E-state index is 0.167. The highest BCUT2D eigenvalue weighted by molar-refractivity contribution is 9.25. The Hall–Kier alpha value is 1.13. The number of rotatable bonds is 1. The Morgan fingerprint density at radius 2 is 2.09 bits per heavy atom. The Morgan fingerprint density at radius 1 is 1.55 bits per heavy atom. The Balaban J connectivity index is 2.92. The zero-order valence-electron chi connectivity index (χ0n) is 4.98. The quantitative estimate of drug-likeness (QED) is 0.488. The van der Waals surface area contributed by atoms with Gasteiger partial charge in [-0.25, -0.2) is 4.79 Å². The lowest BCUT2D eigenvalue weighted by atomic mass is 10.4. The zero-order chi connectivity index (χ0) is 8.65. The summed E-state index contributed by atoms with van der Waals surface area (Å²) in [5, 5.41) is 0. The number of esters is 1. The van der Waals surface area contributed by atoms with Crippen LogP contribution in [0.3, 0.4) is 0 Å². The predicted octanol–water partition coefficient (Wildman–Crippen LogP) is 3.03. The minimum Gasteiger partial charge on any atom is -0.437 e. The van der Waals surface area contributed by atoms with Gasteiger partial charge in [-0.15, -0.1) is 0 Å². The van der Waals surface area contributed by atoms with Gasteiger partial charge in [-0.2, -0.15) is 0 Å². The number of halogens is 4. The molecule has 62 valence electrons. The molecule has 0 amide bonds. The summed E-state index contributed by atoms with van der Waals surface area (Å²) in [6.45, 7) is 0. The van der Waals surface area contributed by atoms with Gasteiger partial charge >= 0.3 is 5.97 Å². The second-order valence-electron chi connectivity index (χ2n) is 1.86. The van der Waals surface area contributed by atoms with Crippen LogP contribution in [0.1, 0.15) is 0 Å². The first kappa shape index (κ1) is 10.2. The van der Waals surface area contributed by atoms with Crippen molar-refractivity contribution in [3.8, 4) is 0 Å². The lowest BCUT2D eigenvalue weighted by molar-refractivity contribution is -0.139. The molecule has 0 spiro atoms. The fourth-order valence-electron chi connectivity index (χ4n) is 0.575. The number of carbonyl (C=O) groups excluding carboxylic acids is 1.